The van der Waals surface area contributed by atoms with Crippen molar-refractivity contribution in [2.75, 3.05) is 25.7 Å². The predicted molar refractivity (Wildman–Crippen MR) is 118 cm³/mol. The molecule has 154 valence electrons. The van der Waals surface area contributed by atoms with Crippen molar-refractivity contribution < 1.29 is 14.3 Å². The highest BCUT2D eigenvalue weighted by atomic mass is 32.1. The fourth-order valence-electron chi connectivity index (χ4n) is 3.14. The Kier molecular flexibility index (Phi) is 5.94. The van der Waals surface area contributed by atoms with E-state index in [1.807, 2.05) is 29.0 Å². The van der Waals surface area contributed by atoms with Gasteiger partial charge < -0.3 is 14.0 Å². The van der Waals surface area contributed by atoms with E-state index in [0.717, 1.165) is 28.9 Å². The van der Waals surface area contributed by atoms with E-state index in [1.165, 1.54) is 11.3 Å². The number of methoxy groups -OCH3 is 2. The third-order valence-electron chi connectivity index (χ3n) is 4.75. The molecule has 0 atom stereocenters. The molecule has 7 nitrogen and oxygen atoms in total. The fraction of sp³-hybridized carbons (Fsp3) is 0.227. The molecule has 0 unspecified atom stereocenters. The van der Waals surface area contributed by atoms with Crippen molar-refractivity contribution in [2.45, 2.75) is 13.0 Å². The minimum atomic E-state index is -0.0886. The second-order valence-electron chi connectivity index (χ2n) is 6.67. The summed E-state index contributed by atoms with van der Waals surface area (Å²) in [5.74, 6) is 1.39. The number of carbonyl (C=O) groups is 1. The number of thiazole rings is 1. The van der Waals surface area contributed by atoms with Gasteiger partial charge in [-0.05, 0) is 48.9 Å². The fourth-order valence-corrected chi connectivity index (χ4v) is 4.16. The van der Waals surface area contributed by atoms with Crippen LogP contribution in [0.4, 0.5) is 5.13 Å². The van der Waals surface area contributed by atoms with Crippen LogP contribution in [0, 0.1) is 0 Å². The van der Waals surface area contributed by atoms with Gasteiger partial charge in [-0.2, -0.15) is 0 Å². The molecule has 0 bridgehead atoms. The van der Waals surface area contributed by atoms with Crippen molar-refractivity contribution in [3.8, 4) is 11.5 Å². The molecular weight excluding hydrogens is 400 g/mol. The van der Waals surface area contributed by atoms with E-state index in [4.69, 9.17) is 14.5 Å². The standard InChI is InChI=1S/C22H22N4O3S/c1-28-17-6-4-16(5-7-17)21(27)26(12-3-11-25-13-10-23-15-25)22-24-19-9-8-18(29-2)14-20(19)30-22/h4-10,13-15H,3,11-12H2,1-2H3. The lowest BCUT2D eigenvalue weighted by molar-refractivity contribution is 0.0986. The molecule has 0 spiro atoms. The Morgan fingerprint density at radius 2 is 1.87 bits per heavy atom. The lowest BCUT2D eigenvalue weighted by Crippen LogP contribution is -2.32. The van der Waals surface area contributed by atoms with Gasteiger partial charge >= 0.3 is 0 Å². The van der Waals surface area contributed by atoms with E-state index in [0.29, 0.717) is 23.0 Å². The molecule has 0 aliphatic heterocycles. The number of fused-ring (bicyclic) bond motifs is 1. The Balaban J connectivity index is 1.62. The Morgan fingerprint density at radius 3 is 2.57 bits per heavy atom. The topological polar surface area (TPSA) is 69.5 Å². The number of nitrogens with zero attached hydrogens (tertiary/aromatic N) is 4. The zero-order valence-electron chi connectivity index (χ0n) is 16.8. The molecule has 0 aliphatic carbocycles. The van der Waals surface area contributed by atoms with Gasteiger partial charge in [-0.1, -0.05) is 11.3 Å². The Bertz CT molecular complexity index is 1120. The average molecular weight is 423 g/mol. The SMILES string of the molecule is COc1ccc(C(=O)N(CCCn2ccnc2)c2nc3ccc(OC)cc3s2)cc1. The number of amides is 1. The molecule has 0 saturated carbocycles. The second kappa shape index (κ2) is 8.96. The number of imidazole rings is 1. The zero-order valence-corrected chi connectivity index (χ0v) is 17.6. The minimum absolute atomic E-state index is 0.0886. The van der Waals surface area contributed by atoms with Crippen LogP contribution in [0.1, 0.15) is 16.8 Å². The zero-order chi connectivity index (χ0) is 20.9. The highest BCUT2D eigenvalue weighted by Crippen LogP contribution is 2.32. The lowest BCUT2D eigenvalue weighted by Gasteiger charge is -2.20. The number of anilines is 1. The summed E-state index contributed by atoms with van der Waals surface area (Å²) in [5, 5.41) is 0.671. The second-order valence-corrected chi connectivity index (χ2v) is 7.68. The summed E-state index contributed by atoms with van der Waals surface area (Å²) in [6.45, 7) is 1.31. The first-order chi connectivity index (χ1) is 14.7. The maximum atomic E-state index is 13.3. The van der Waals surface area contributed by atoms with Crippen LogP contribution in [-0.2, 0) is 6.54 Å². The van der Waals surface area contributed by atoms with Crippen molar-refractivity contribution in [1.29, 1.82) is 0 Å². The summed E-state index contributed by atoms with van der Waals surface area (Å²) in [7, 11) is 3.24. The van der Waals surface area contributed by atoms with E-state index < -0.39 is 0 Å². The van der Waals surface area contributed by atoms with Crippen LogP contribution in [0.2, 0.25) is 0 Å². The number of hydrogen-bond acceptors (Lipinski definition) is 6. The van der Waals surface area contributed by atoms with Gasteiger partial charge in [0.2, 0.25) is 0 Å². The van der Waals surface area contributed by atoms with Gasteiger partial charge in [0.25, 0.3) is 5.91 Å². The van der Waals surface area contributed by atoms with Crippen molar-refractivity contribution in [2.24, 2.45) is 0 Å². The maximum absolute atomic E-state index is 13.3. The van der Waals surface area contributed by atoms with Crippen LogP contribution >= 0.6 is 11.3 Å². The monoisotopic (exact) mass is 422 g/mol. The van der Waals surface area contributed by atoms with Crippen LogP contribution < -0.4 is 14.4 Å². The molecule has 4 rings (SSSR count). The van der Waals surface area contributed by atoms with Crippen LogP contribution in [0.3, 0.4) is 0 Å². The van der Waals surface area contributed by atoms with Crippen molar-refractivity contribution in [3.05, 3.63) is 66.7 Å². The van der Waals surface area contributed by atoms with E-state index in [2.05, 4.69) is 4.98 Å². The summed E-state index contributed by atoms with van der Waals surface area (Å²) >= 11 is 1.48. The van der Waals surface area contributed by atoms with Gasteiger partial charge in [0.1, 0.15) is 11.5 Å². The van der Waals surface area contributed by atoms with Crippen molar-refractivity contribution >= 4 is 32.6 Å². The minimum Gasteiger partial charge on any atom is -0.497 e. The largest absolute Gasteiger partial charge is 0.497 e. The van der Waals surface area contributed by atoms with Gasteiger partial charge in [-0.15, -0.1) is 0 Å². The van der Waals surface area contributed by atoms with E-state index in [9.17, 15) is 4.79 Å². The first-order valence-electron chi connectivity index (χ1n) is 9.54. The molecular formula is C22H22N4O3S. The van der Waals surface area contributed by atoms with Crippen LogP contribution in [-0.4, -0.2) is 41.2 Å². The van der Waals surface area contributed by atoms with Gasteiger partial charge in [0, 0.05) is 31.0 Å². The van der Waals surface area contributed by atoms with E-state index >= 15 is 0 Å². The predicted octanol–water partition coefficient (Wildman–Crippen LogP) is 4.25. The summed E-state index contributed by atoms with van der Waals surface area (Å²) in [4.78, 5) is 23.9. The van der Waals surface area contributed by atoms with Crippen molar-refractivity contribution in [3.63, 3.8) is 0 Å². The molecule has 2 aromatic carbocycles. The molecule has 0 radical (unpaired) electrons. The summed E-state index contributed by atoms with van der Waals surface area (Å²) < 4.78 is 13.5. The molecule has 2 heterocycles. The van der Waals surface area contributed by atoms with E-state index in [-0.39, 0.29) is 5.91 Å². The Hall–Kier alpha value is -3.39. The third-order valence-corrected chi connectivity index (χ3v) is 5.80. The molecule has 0 saturated heterocycles. The third kappa shape index (κ3) is 4.28. The Labute approximate surface area is 178 Å². The van der Waals surface area contributed by atoms with Gasteiger partial charge in [-0.3, -0.25) is 9.69 Å². The summed E-state index contributed by atoms with van der Waals surface area (Å²) in [6, 6.07) is 12.9. The van der Waals surface area contributed by atoms with Gasteiger partial charge in [-0.25, -0.2) is 9.97 Å². The first kappa shape index (κ1) is 19.9. The van der Waals surface area contributed by atoms with Gasteiger partial charge in [0.15, 0.2) is 5.13 Å². The smallest absolute Gasteiger partial charge is 0.260 e. The molecule has 4 aromatic rings. The number of carbonyl (C=O) groups excluding carboxylic acids is 1. The Morgan fingerprint density at radius 1 is 1.10 bits per heavy atom. The number of rotatable bonds is 8. The van der Waals surface area contributed by atoms with Crippen LogP contribution in [0.5, 0.6) is 11.5 Å². The van der Waals surface area contributed by atoms with E-state index in [1.54, 1.807) is 55.9 Å². The summed E-state index contributed by atoms with van der Waals surface area (Å²) in [5.41, 5.74) is 1.44. The molecule has 0 aliphatic rings. The lowest BCUT2D eigenvalue weighted by atomic mass is 10.2. The summed E-state index contributed by atoms with van der Waals surface area (Å²) in [6.07, 6.45) is 6.22. The molecule has 0 N–H and O–H groups in total. The molecule has 0 fully saturated rings. The van der Waals surface area contributed by atoms with Gasteiger partial charge in [0.05, 0.1) is 30.8 Å². The highest BCUT2D eigenvalue weighted by molar-refractivity contribution is 7.22. The molecule has 1 amide bonds. The first-order valence-corrected chi connectivity index (χ1v) is 10.4. The number of ether oxygens (including phenoxy) is 2. The number of hydrogen-bond donors (Lipinski definition) is 0. The molecule has 8 heteroatoms. The van der Waals surface area contributed by atoms with Crippen molar-refractivity contribution in [1.82, 2.24) is 14.5 Å². The number of aromatic nitrogens is 3. The molecule has 30 heavy (non-hydrogen) atoms. The average Bonchev–Trinajstić information content (AvgIpc) is 3.45. The molecule has 2 aromatic heterocycles. The van der Waals surface area contributed by atoms with Crippen LogP contribution in [0.15, 0.2) is 61.2 Å². The highest BCUT2D eigenvalue weighted by Gasteiger charge is 2.21. The maximum Gasteiger partial charge on any atom is 0.260 e. The number of aryl methyl sites for hydroxylation is 1. The van der Waals surface area contributed by atoms with Crippen LogP contribution in [0.25, 0.3) is 10.2 Å². The quantitative estimate of drug-likeness (QED) is 0.425. The normalized spacial score (nSPS) is 10.9. The number of benzene rings is 2.